The largest absolute Gasteiger partial charge is 0.410 e. The fraction of sp³-hybridized carbons (Fsp3) is 0.350. The number of benzene rings is 2. The van der Waals surface area contributed by atoms with Gasteiger partial charge in [-0.2, -0.15) is 13.2 Å². The summed E-state index contributed by atoms with van der Waals surface area (Å²) in [5.74, 6) is -0.219. The van der Waals surface area contributed by atoms with E-state index >= 15 is 0 Å². The van der Waals surface area contributed by atoms with E-state index in [-0.39, 0.29) is 12.5 Å². The minimum absolute atomic E-state index is 0.165. The first-order valence-electron chi connectivity index (χ1n) is 8.48. The van der Waals surface area contributed by atoms with Crippen molar-refractivity contribution in [1.29, 1.82) is 0 Å². The Morgan fingerprint density at radius 3 is 2.42 bits per heavy atom. The third-order valence-electron chi connectivity index (χ3n) is 5.19. The van der Waals surface area contributed by atoms with Gasteiger partial charge in [-0.25, -0.2) is 0 Å². The number of nitrogens with zero attached hydrogens (tertiary/aromatic N) is 1. The number of fused-ring (bicyclic) bond motifs is 1. The van der Waals surface area contributed by atoms with Crippen molar-refractivity contribution in [2.75, 3.05) is 13.6 Å². The summed E-state index contributed by atoms with van der Waals surface area (Å²) in [4.78, 5) is 13.1. The van der Waals surface area contributed by atoms with Crippen LogP contribution >= 0.6 is 0 Å². The van der Waals surface area contributed by atoms with Crippen molar-refractivity contribution in [2.24, 2.45) is 0 Å². The Balaban J connectivity index is 1.93. The summed E-state index contributed by atoms with van der Waals surface area (Å²) >= 11 is 0. The Morgan fingerprint density at radius 2 is 1.81 bits per heavy atom. The van der Waals surface area contributed by atoms with E-state index in [1.807, 2.05) is 0 Å². The molecule has 138 valence electrons. The third kappa shape index (κ3) is 3.09. The molecule has 1 heterocycles. The average Bonchev–Trinajstić information content (AvgIpc) is 2.63. The van der Waals surface area contributed by atoms with E-state index in [2.05, 4.69) is 5.32 Å². The van der Waals surface area contributed by atoms with Gasteiger partial charge in [-0.3, -0.25) is 9.69 Å². The quantitative estimate of drug-likeness (QED) is 0.899. The molecular weight excluding hydrogens is 341 g/mol. The first-order chi connectivity index (χ1) is 12.3. The second-order valence-corrected chi connectivity index (χ2v) is 6.67. The number of halogens is 3. The molecule has 0 aliphatic carbocycles. The Bertz CT molecular complexity index is 801. The molecule has 1 aliphatic heterocycles. The summed E-state index contributed by atoms with van der Waals surface area (Å²) in [5.41, 5.74) is 0.256. The van der Waals surface area contributed by atoms with Crippen LogP contribution in [-0.4, -0.2) is 30.6 Å². The van der Waals surface area contributed by atoms with Crippen LogP contribution in [0.15, 0.2) is 48.5 Å². The summed E-state index contributed by atoms with van der Waals surface area (Å²) in [5, 5.41) is 2.53. The normalized spacial score (nSPS) is 20.5. The Labute approximate surface area is 150 Å². The molecular formula is C20H21F3N2O. The van der Waals surface area contributed by atoms with Crippen LogP contribution in [0.2, 0.25) is 0 Å². The van der Waals surface area contributed by atoms with E-state index in [0.717, 1.165) is 11.1 Å². The number of amides is 1. The molecule has 1 N–H and O–H groups in total. The van der Waals surface area contributed by atoms with Crippen LogP contribution < -0.4 is 5.32 Å². The van der Waals surface area contributed by atoms with Gasteiger partial charge < -0.3 is 5.32 Å². The number of hydrogen-bond donors (Lipinski definition) is 1. The smallest absolute Gasteiger partial charge is 0.355 e. The minimum Gasteiger partial charge on any atom is -0.355 e. The lowest BCUT2D eigenvalue weighted by Gasteiger charge is -2.47. The van der Waals surface area contributed by atoms with Crippen molar-refractivity contribution < 1.29 is 18.0 Å². The van der Waals surface area contributed by atoms with E-state index < -0.39 is 11.7 Å². The molecule has 3 nitrogen and oxygen atoms in total. The molecule has 1 atom stereocenters. The lowest BCUT2D eigenvalue weighted by Crippen LogP contribution is -2.57. The zero-order valence-corrected chi connectivity index (χ0v) is 14.7. The molecule has 1 amide bonds. The van der Waals surface area contributed by atoms with Crippen LogP contribution in [0.1, 0.15) is 34.0 Å². The van der Waals surface area contributed by atoms with Crippen LogP contribution in [0, 0.1) is 0 Å². The van der Waals surface area contributed by atoms with Gasteiger partial charge in [0.05, 0.1) is 0 Å². The maximum atomic E-state index is 14.1. The Kier molecular flexibility index (Phi) is 4.80. The predicted octanol–water partition coefficient (Wildman–Crippen LogP) is 3.88. The van der Waals surface area contributed by atoms with Crippen molar-refractivity contribution in [2.45, 2.75) is 31.6 Å². The first kappa shape index (κ1) is 18.5. The van der Waals surface area contributed by atoms with E-state index in [1.165, 1.54) is 18.9 Å². The minimum atomic E-state index is -4.40. The van der Waals surface area contributed by atoms with Gasteiger partial charge in [0, 0.05) is 25.7 Å². The molecule has 6 heteroatoms. The monoisotopic (exact) mass is 362 g/mol. The van der Waals surface area contributed by atoms with E-state index in [4.69, 9.17) is 0 Å². The van der Waals surface area contributed by atoms with Crippen LogP contribution in [-0.2, 0) is 18.5 Å². The summed E-state index contributed by atoms with van der Waals surface area (Å²) < 4.78 is 42.2. The maximum Gasteiger partial charge on any atom is 0.410 e. The van der Waals surface area contributed by atoms with Gasteiger partial charge in [0.15, 0.2) is 0 Å². The summed E-state index contributed by atoms with van der Waals surface area (Å²) in [6.45, 7) is 1.74. The standard InChI is InChI=1S/C20H21F3N2O/c1-19(20(21,22)23)17-6-4-3-5-15(17)11-12-25(19)13-14-7-9-16(10-8-14)18(26)24-2/h3-10H,11-13H2,1-2H3,(H,24,26)/t19-/m0/s1. The van der Waals surface area contributed by atoms with Crippen molar-refractivity contribution in [1.82, 2.24) is 10.2 Å². The summed E-state index contributed by atoms with van der Waals surface area (Å²) in [6.07, 6.45) is -3.82. The topological polar surface area (TPSA) is 32.3 Å². The van der Waals surface area contributed by atoms with Gasteiger partial charge >= 0.3 is 6.18 Å². The molecule has 0 saturated heterocycles. The molecule has 0 aromatic heterocycles. The van der Waals surface area contributed by atoms with Gasteiger partial charge in [0.2, 0.25) is 0 Å². The molecule has 0 fully saturated rings. The molecule has 1 aliphatic rings. The highest BCUT2D eigenvalue weighted by Crippen LogP contribution is 2.47. The molecule has 26 heavy (non-hydrogen) atoms. The number of carbonyl (C=O) groups excluding carboxylic acids is 1. The van der Waals surface area contributed by atoms with Gasteiger partial charge in [0.25, 0.3) is 5.91 Å². The number of alkyl halides is 3. The lowest BCUT2D eigenvalue weighted by molar-refractivity contribution is -0.237. The Hall–Kier alpha value is -2.34. The van der Waals surface area contributed by atoms with Crippen molar-refractivity contribution in [3.63, 3.8) is 0 Å². The van der Waals surface area contributed by atoms with Crippen LogP contribution in [0.3, 0.4) is 0 Å². The molecule has 0 radical (unpaired) electrons. The van der Waals surface area contributed by atoms with Gasteiger partial charge in [-0.05, 0) is 42.2 Å². The summed E-state index contributed by atoms with van der Waals surface area (Å²) in [6, 6.07) is 13.5. The first-order valence-corrected chi connectivity index (χ1v) is 8.48. The Morgan fingerprint density at radius 1 is 1.15 bits per heavy atom. The highest BCUT2D eigenvalue weighted by Gasteiger charge is 2.57. The van der Waals surface area contributed by atoms with Gasteiger partial charge in [0.1, 0.15) is 5.54 Å². The zero-order valence-electron chi connectivity index (χ0n) is 14.7. The fourth-order valence-corrected chi connectivity index (χ4v) is 3.56. The second kappa shape index (κ2) is 6.76. The van der Waals surface area contributed by atoms with Crippen molar-refractivity contribution >= 4 is 5.91 Å². The van der Waals surface area contributed by atoms with Crippen LogP contribution in [0.5, 0.6) is 0 Å². The molecule has 2 aromatic rings. The maximum absolute atomic E-state index is 14.1. The van der Waals surface area contributed by atoms with E-state index in [9.17, 15) is 18.0 Å². The fourth-order valence-electron chi connectivity index (χ4n) is 3.56. The number of hydrogen-bond acceptors (Lipinski definition) is 2. The number of carbonyl (C=O) groups is 1. The SMILES string of the molecule is CNC(=O)c1ccc(CN2CCc3ccccc3[C@@]2(C)C(F)(F)F)cc1. The van der Waals surface area contributed by atoms with Crippen LogP contribution in [0.4, 0.5) is 13.2 Å². The number of nitrogens with one attached hydrogen (secondary N) is 1. The van der Waals surface area contributed by atoms with E-state index in [0.29, 0.717) is 24.1 Å². The van der Waals surface area contributed by atoms with Crippen molar-refractivity contribution in [3.05, 3.63) is 70.8 Å². The highest BCUT2D eigenvalue weighted by atomic mass is 19.4. The molecule has 0 bridgehead atoms. The molecule has 0 spiro atoms. The second-order valence-electron chi connectivity index (χ2n) is 6.67. The van der Waals surface area contributed by atoms with Crippen molar-refractivity contribution in [3.8, 4) is 0 Å². The number of rotatable bonds is 3. The third-order valence-corrected chi connectivity index (χ3v) is 5.19. The molecule has 2 aromatic carbocycles. The van der Waals surface area contributed by atoms with E-state index in [1.54, 1.807) is 48.5 Å². The zero-order chi connectivity index (χ0) is 18.9. The van der Waals surface area contributed by atoms with Gasteiger partial charge in [-0.1, -0.05) is 36.4 Å². The molecule has 0 unspecified atom stereocenters. The highest BCUT2D eigenvalue weighted by molar-refractivity contribution is 5.93. The van der Waals surface area contributed by atoms with Gasteiger partial charge in [-0.15, -0.1) is 0 Å². The average molecular weight is 362 g/mol. The summed E-state index contributed by atoms with van der Waals surface area (Å²) in [7, 11) is 1.54. The molecule has 3 rings (SSSR count). The van der Waals surface area contributed by atoms with Crippen LogP contribution in [0.25, 0.3) is 0 Å². The lowest BCUT2D eigenvalue weighted by atomic mass is 9.81. The predicted molar refractivity (Wildman–Crippen MR) is 93.8 cm³/mol. The molecule has 0 saturated carbocycles.